The van der Waals surface area contributed by atoms with Gasteiger partial charge >= 0.3 is 17.8 Å². The van der Waals surface area contributed by atoms with Crippen LogP contribution in [0.5, 0.6) is 11.5 Å². The molecule has 0 N–H and O–H groups in total. The fourth-order valence-electron chi connectivity index (χ4n) is 4.29. The summed E-state index contributed by atoms with van der Waals surface area (Å²) in [5.41, 5.74) is 3.30. The van der Waals surface area contributed by atoms with Crippen LogP contribution in [0.3, 0.4) is 0 Å². The third-order valence-electron chi connectivity index (χ3n) is 5.97. The highest BCUT2D eigenvalue weighted by molar-refractivity contribution is 6.45. The van der Waals surface area contributed by atoms with Crippen LogP contribution in [-0.2, 0) is 16.1 Å². The molecule has 3 heterocycles. The van der Waals surface area contributed by atoms with Gasteiger partial charge in [0, 0.05) is 28.7 Å². The van der Waals surface area contributed by atoms with Crippen molar-refractivity contribution in [2.75, 3.05) is 13.3 Å². The molecule has 5 rings (SSSR count). The third-order valence-corrected chi connectivity index (χ3v) is 5.97. The second-order valence-electron chi connectivity index (χ2n) is 8.13. The van der Waals surface area contributed by atoms with Gasteiger partial charge in [-0.15, -0.1) is 0 Å². The molecule has 1 aromatic heterocycles. The van der Waals surface area contributed by atoms with E-state index in [-0.39, 0.29) is 13.3 Å². The highest BCUT2D eigenvalue weighted by Crippen LogP contribution is 2.35. The number of aromatic nitrogens is 1. The number of aryl methyl sites for hydroxylation is 1. The lowest BCUT2D eigenvalue weighted by Crippen LogP contribution is -2.37. The lowest BCUT2D eigenvalue weighted by molar-refractivity contribution is -0.143. The van der Waals surface area contributed by atoms with Crippen LogP contribution in [0.1, 0.15) is 27.3 Å². The smallest absolute Gasteiger partial charge is 0.334 e. The van der Waals surface area contributed by atoms with Crippen LogP contribution in [0.15, 0.2) is 54.6 Å². The normalized spacial score (nSPS) is 14.9. The monoisotopic (exact) mass is 459 g/mol. The Morgan fingerprint density at radius 2 is 1.59 bits per heavy atom. The van der Waals surface area contributed by atoms with Crippen LogP contribution < -0.4 is 9.47 Å². The average molecular weight is 459 g/mol. The van der Waals surface area contributed by atoms with E-state index in [4.69, 9.17) is 9.47 Å². The SMILES string of the molecule is Cc1cc(C(=O)CN2C(=O)C(=O)N(Cc3ccccc3)C2=O)c(C)n1-c1ccc2c(c1)OCO2. The first-order valence-electron chi connectivity index (χ1n) is 10.7. The number of hydrogen-bond donors (Lipinski definition) is 0. The molecule has 0 radical (unpaired) electrons. The molecule has 34 heavy (non-hydrogen) atoms. The Morgan fingerprint density at radius 1 is 0.882 bits per heavy atom. The number of hydrogen-bond acceptors (Lipinski definition) is 6. The standard InChI is InChI=1S/C25H21N3O6/c1-15-10-19(16(2)28(15)18-8-9-21-22(11-18)34-14-33-21)20(29)13-27-24(31)23(30)26(25(27)32)12-17-6-4-3-5-7-17/h3-11H,12-14H2,1-2H3. The molecular formula is C25H21N3O6. The Bertz CT molecular complexity index is 1340. The Hall–Kier alpha value is -4.40. The Morgan fingerprint density at radius 3 is 2.35 bits per heavy atom. The van der Waals surface area contributed by atoms with Gasteiger partial charge in [0.15, 0.2) is 17.3 Å². The van der Waals surface area contributed by atoms with Crippen molar-refractivity contribution in [3.63, 3.8) is 0 Å². The van der Waals surface area contributed by atoms with Gasteiger partial charge in [-0.05, 0) is 37.6 Å². The lowest BCUT2D eigenvalue weighted by Gasteiger charge is -2.15. The van der Waals surface area contributed by atoms with E-state index in [1.54, 1.807) is 43.3 Å². The molecule has 0 atom stereocenters. The van der Waals surface area contributed by atoms with Crippen LogP contribution in [0, 0.1) is 13.8 Å². The zero-order chi connectivity index (χ0) is 24.0. The fraction of sp³-hybridized carbons (Fsp3) is 0.200. The van der Waals surface area contributed by atoms with E-state index < -0.39 is 30.2 Å². The first kappa shape index (κ1) is 21.4. The van der Waals surface area contributed by atoms with Crippen molar-refractivity contribution in [1.29, 1.82) is 0 Å². The lowest BCUT2D eigenvalue weighted by atomic mass is 10.1. The first-order chi connectivity index (χ1) is 16.3. The van der Waals surface area contributed by atoms with Crippen molar-refractivity contribution in [3.8, 4) is 17.2 Å². The number of nitrogens with zero attached hydrogens (tertiary/aromatic N) is 3. The van der Waals surface area contributed by atoms with Gasteiger partial charge in [0.2, 0.25) is 6.79 Å². The minimum Gasteiger partial charge on any atom is -0.454 e. The summed E-state index contributed by atoms with van der Waals surface area (Å²) in [6.45, 7) is 3.24. The number of Topliss-reactive ketones (excluding diaryl/α,β-unsaturated/α-hetero) is 1. The van der Waals surface area contributed by atoms with E-state index in [9.17, 15) is 19.2 Å². The van der Waals surface area contributed by atoms with Crippen molar-refractivity contribution >= 4 is 23.6 Å². The fourth-order valence-corrected chi connectivity index (χ4v) is 4.29. The molecule has 9 heteroatoms. The second-order valence-corrected chi connectivity index (χ2v) is 8.13. The third kappa shape index (κ3) is 3.51. The number of amides is 4. The van der Waals surface area contributed by atoms with E-state index >= 15 is 0 Å². The summed E-state index contributed by atoms with van der Waals surface area (Å²) in [6.07, 6.45) is 0. The maximum absolute atomic E-state index is 13.1. The van der Waals surface area contributed by atoms with Crippen LogP contribution in [0.4, 0.5) is 4.79 Å². The number of carbonyl (C=O) groups excluding carboxylic acids is 4. The number of fused-ring (bicyclic) bond motifs is 1. The predicted molar refractivity (Wildman–Crippen MR) is 120 cm³/mol. The van der Waals surface area contributed by atoms with Crippen LogP contribution in [-0.4, -0.2) is 51.3 Å². The summed E-state index contributed by atoms with van der Waals surface area (Å²) >= 11 is 0. The summed E-state index contributed by atoms with van der Waals surface area (Å²) in [6, 6.07) is 15.3. The molecule has 9 nitrogen and oxygen atoms in total. The summed E-state index contributed by atoms with van der Waals surface area (Å²) in [4.78, 5) is 52.4. The highest BCUT2D eigenvalue weighted by Gasteiger charge is 2.45. The number of rotatable bonds is 6. The molecule has 2 aliphatic heterocycles. The van der Waals surface area contributed by atoms with Crippen LogP contribution >= 0.6 is 0 Å². The van der Waals surface area contributed by atoms with Gasteiger partial charge in [-0.2, -0.15) is 0 Å². The molecule has 2 aromatic carbocycles. The predicted octanol–water partition coefficient (Wildman–Crippen LogP) is 3.00. The zero-order valence-electron chi connectivity index (χ0n) is 18.6. The van der Waals surface area contributed by atoms with Crippen molar-refractivity contribution in [2.24, 2.45) is 0 Å². The second kappa shape index (κ2) is 8.18. The Kier molecular flexibility index (Phi) is 5.16. The first-order valence-corrected chi connectivity index (χ1v) is 10.7. The minimum absolute atomic E-state index is 0.0342. The van der Waals surface area contributed by atoms with Crippen molar-refractivity contribution in [1.82, 2.24) is 14.4 Å². The summed E-state index contributed by atoms with van der Waals surface area (Å²) < 4.78 is 12.7. The molecule has 0 aliphatic carbocycles. The van der Waals surface area contributed by atoms with Crippen molar-refractivity contribution in [3.05, 3.63) is 77.1 Å². The number of benzene rings is 2. The van der Waals surface area contributed by atoms with Crippen molar-refractivity contribution < 1.29 is 28.7 Å². The maximum atomic E-state index is 13.1. The number of carbonyl (C=O) groups is 4. The van der Waals surface area contributed by atoms with Crippen LogP contribution in [0.25, 0.3) is 5.69 Å². The number of imide groups is 2. The van der Waals surface area contributed by atoms with Gasteiger partial charge in [-0.1, -0.05) is 30.3 Å². The molecular weight excluding hydrogens is 438 g/mol. The molecule has 1 saturated heterocycles. The molecule has 0 spiro atoms. The largest absolute Gasteiger partial charge is 0.454 e. The molecule has 3 aromatic rings. The Balaban J connectivity index is 1.37. The van der Waals surface area contributed by atoms with E-state index in [1.165, 1.54) is 0 Å². The number of ketones is 1. The molecule has 2 aliphatic rings. The van der Waals surface area contributed by atoms with Gasteiger partial charge in [0.25, 0.3) is 0 Å². The van der Waals surface area contributed by atoms with Gasteiger partial charge in [-0.3, -0.25) is 19.3 Å². The minimum atomic E-state index is -1.00. The van der Waals surface area contributed by atoms with E-state index in [0.29, 0.717) is 33.2 Å². The van der Waals surface area contributed by atoms with E-state index in [2.05, 4.69) is 0 Å². The van der Waals surface area contributed by atoms with Gasteiger partial charge in [-0.25, -0.2) is 9.69 Å². The van der Waals surface area contributed by atoms with Crippen LogP contribution in [0.2, 0.25) is 0 Å². The summed E-state index contributed by atoms with van der Waals surface area (Å²) in [5.74, 6) is -1.11. The highest BCUT2D eigenvalue weighted by atomic mass is 16.7. The summed E-state index contributed by atoms with van der Waals surface area (Å²) in [5, 5.41) is 0. The molecule has 0 unspecified atom stereocenters. The van der Waals surface area contributed by atoms with E-state index in [1.807, 2.05) is 29.7 Å². The number of ether oxygens (including phenoxy) is 2. The molecule has 0 bridgehead atoms. The van der Waals surface area contributed by atoms with Gasteiger partial charge in [0.1, 0.15) is 0 Å². The van der Waals surface area contributed by atoms with Gasteiger partial charge < -0.3 is 14.0 Å². The van der Waals surface area contributed by atoms with E-state index in [0.717, 1.165) is 16.3 Å². The quantitative estimate of drug-likeness (QED) is 0.319. The van der Waals surface area contributed by atoms with Gasteiger partial charge in [0.05, 0.1) is 13.1 Å². The molecule has 4 amide bonds. The summed E-state index contributed by atoms with van der Waals surface area (Å²) in [7, 11) is 0. The van der Waals surface area contributed by atoms with Crippen molar-refractivity contribution in [2.45, 2.75) is 20.4 Å². The topological polar surface area (TPSA) is 98.2 Å². The molecule has 0 saturated carbocycles. The molecule has 172 valence electrons. The molecule has 1 fully saturated rings. The average Bonchev–Trinajstić information content (AvgIpc) is 3.47. The Labute approximate surface area is 195 Å². The number of urea groups is 1. The maximum Gasteiger partial charge on any atom is 0.334 e. The zero-order valence-corrected chi connectivity index (χ0v) is 18.6.